The monoisotopic (exact) mass is 192 g/mol. The Morgan fingerprint density at radius 2 is 2.21 bits per heavy atom. The fourth-order valence-electron chi connectivity index (χ4n) is 1.58. The van der Waals surface area contributed by atoms with Crippen molar-refractivity contribution in [1.82, 2.24) is 5.32 Å². The van der Waals surface area contributed by atoms with Gasteiger partial charge in [0, 0.05) is 12.1 Å². The molecule has 2 rings (SSSR count). The van der Waals surface area contributed by atoms with Gasteiger partial charge in [-0.2, -0.15) is 0 Å². The number of rotatable bonds is 1. The van der Waals surface area contributed by atoms with Crippen LogP contribution in [0, 0.1) is 10.1 Å². The highest BCUT2D eigenvalue weighted by Crippen LogP contribution is 2.27. The number of nitrogens with one attached hydrogen (secondary N) is 1. The summed E-state index contributed by atoms with van der Waals surface area (Å²) in [4.78, 5) is 21.3. The highest BCUT2D eigenvalue weighted by Gasteiger charge is 2.26. The molecule has 72 valence electrons. The van der Waals surface area contributed by atoms with Crippen LogP contribution in [0.3, 0.4) is 0 Å². The van der Waals surface area contributed by atoms with E-state index in [0.29, 0.717) is 5.56 Å². The number of nitro benzene ring substituents is 1. The molecule has 0 aromatic heterocycles. The topological polar surface area (TPSA) is 72.2 Å². The van der Waals surface area contributed by atoms with E-state index >= 15 is 0 Å². The largest absolute Gasteiger partial charge is 0.345 e. The van der Waals surface area contributed by atoms with Crippen molar-refractivity contribution in [3.63, 3.8) is 0 Å². The van der Waals surface area contributed by atoms with Gasteiger partial charge in [0.1, 0.15) is 0 Å². The predicted molar refractivity (Wildman–Crippen MR) is 49.0 cm³/mol. The minimum Gasteiger partial charge on any atom is -0.345 e. The second-order valence-electron chi connectivity index (χ2n) is 3.22. The third-order valence-corrected chi connectivity index (χ3v) is 2.31. The summed E-state index contributed by atoms with van der Waals surface area (Å²) in [6, 6.07) is 4.29. The predicted octanol–water partition coefficient (Wildman–Crippen LogP) is 1.40. The lowest BCUT2D eigenvalue weighted by atomic mass is 10.1. The van der Waals surface area contributed by atoms with Crippen LogP contribution in [0.2, 0.25) is 0 Å². The molecule has 5 heteroatoms. The third-order valence-electron chi connectivity index (χ3n) is 2.31. The molecule has 0 spiro atoms. The maximum atomic E-state index is 11.3. The van der Waals surface area contributed by atoms with E-state index < -0.39 is 4.92 Å². The number of fused-ring (bicyclic) bond motifs is 1. The van der Waals surface area contributed by atoms with Crippen LogP contribution in [-0.4, -0.2) is 10.8 Å². The Kier molecular flexibility index (Phi) is 1.73. The fourth-order valence-corrected chi connectivity index (χ4v) is 1.58. The molecule has 1 amide bonds. The zero-order valence-corrected chi connectivity index (χ0v) is 7.48. The molecule has 0 aliphatic carbocycles. The number of benzene rings is 1. The number of nitro groups is 1. The summed E-state index contributed by atoms with van der Waals surface area (Å²) >= 11 is 0. The molecule has 0 saturated heterocycles. The van der Waals surface area contributed by atoms with Gasteiger partial charge in [-0.25, -0.2) is 0 Å². The van der Waals surface area contributed by atoms with Crippen LogP contribution in [0.1, 0.15) is 28.9 Å². The Morgan fingerprint density at radius 3 is 2.86 bits per heavy atom. The molecule has 14 heavy (non-hydrogen) atoms. The molecule has 1 aliphatic rings. The maximum absolute atomic E-state index is 11.3. The average molecular weight is 192 g/mol. The summed E-state index contributed by atoms with van der Waals surface area (Å²) in [5.74, 6) is -0.240. The quantitative estimate of drug-likeness (QED) is 0.540. The molecule has 0 bridgehead atoms. The van der Waals surface area contributed by atoms with E-state index in [0.717, 1.165) is 5.56 Å². The van der Waals surface area contributed by atoms with Crippen LogP contribution in [0.4, 0.5) is 5.69 Å². The summed E-state index contributed by atoms with van der Waals surface area (Å²) in [7, 11) is 0. The Labute approximate surface area is 79.9 Å². The summed E-state index contributed by atoms with van der Waals surface area (Å²) in [5, 5.41) is 13.1. The van der Waals surface area contributed by atoms with E-state index in [1.165, 1.54) is 12.1 Å². The van der Waals surface area contributed by atoms with E-state index in [-0.39, 0.29) is 17.6 Å². The Bertz CT molecular complexity index is 428. The number of carbonyl (C=O) groups is 1. The first-order chi connectivity index (χ1) is 6.59. The van der Waals surface area contributed by atoms with E-state index in [9.17, 15) is 14.9 Å². The molecule has 1 N–H and O–H groups in total. The van der Waals surface area contributed by atoms with E-state index in [4.69, 9.17) is 0 Å². The average Bonchev–Trinajstić information content (AvgIpc) is 2.42. The van der Waals surface area contributed by atoms with Gasteiger partial charge < -0.3 is 5.32 Å². The first-order valence-corrected chi connectivity index (χ1v) is 4.19. The van der Waals surface area contributed by atoms with Crippen LogP contribution in [0.25, 0.3) is 0 Å². The lowest BCUT2D eigenvalue weighted by molar-refractivity contribution is -0.384. The smallest absolute Gasteiger partial charge is 0.270 e. The van der Waals surface area contributed by atoms with Gasteiger partial charge >= 0.3 is 0 Å². The van der Waals surface area contributed by atoms with Gasteiger partial charge in [-0.15, -0.1) is 0 Å². The molecule has 1 atom stereocenters. The normalized spacial score (nSPS) is 18.9. The molecule has 1 aromatic rings. The van der Waals surface area contributed by atoms with Crippen LogP contribution >= 0.6 is 0 Å². The minimum absolute atomic E-state index is 0.0481. The minimum atomic E-state index is -0.503. The first-order valence-electron chi connectivity index (χ1n) is 4.19. The standard InChI is InChI=1S/C9H8N2O3/c1-5-7-3-2-6(11(13)14)4-8(7)9(12)10-5/h2-5H,1H3,(H,10,12). The summed E-state index contributed by atoms with van der Waals surface area (Å²) in [6.07, 6.45) is 0. The van der Waals surface area contributed by atoms with E-state index in [1.54, 1.807) is 6.07 Å². The maximum Gasteiger partial charge on any atom is 0.270 e. The van der Waals surface area contributed by atoms with Crippen LogP contribution < -0.4 is 5.32 Å². The summed E-state index contributed by atoms with van der Waals surface area (Å²) in [5.41, 5.74) is 1.18. The lowest BCUT2D eigenvalue weighted by Crippen LogP contribution is -2.16. The number of amides is 1. The lowest BCUT2D eigenvalue weighted by Gasteiger charge is -2.01. The van der Waals surface area contributed by atoms with Crippen molar-refractivity contribution in [3.8, 4) is 0 Å². The van der Waals surface area contributed by atoms with Gasteiger partial charge in [0.25, 0.3) is 11.6 Å². The zero-order valence-electron chi connectivity index (χ0n) is 7.48. The van der Waals surface area contributed by atoms with Gasteiger partial charge in [-0.1, -0.05) is 0 Å². The van der Waals surface area contributed by atoms with Crippen molar-refractivity contribution in [3.05, 3.63) is 39.4 Å². The van der Waals surface area contributed by atoms with Gasteiger partial charge in [0.15, 0.2) is 0 Å². The fraction of sp³-hybridized carbons (Fsp3) is 0.222. The molecular weight excluding hydrogens is 184 g/mol. The van der Waals surface area contributed by atoms with Gasteiger partial charge in [-0.3, -0.25) is 14.9 Å². The van der Waals surface area contributed by atoms with Crippen molar-refractivity contribution < 1.29 is 9.72 Å². The van der Waals surface area contributed by atoms with Crippen molar-refractivity contribution in [1.29, 1.82) is 0 Å². The van der Waals surface area contributed by atoms with Crippen molar-refractivity contribution in [2.24, 2.45) is 0 Å². The van der Waals surface area contributed by atoms with Gasteiger partial charge in [-0.05, 0) is 18.6 Å². The number of non-ortho nitro benzene ring substituents is 1. The van der Waals surface area contributed by atoms with Crippen LogP contribution in [-0.2, 0) is 0 Å². The second kappa shape index (κ2) is 2.80. The SMILES string of the molecule is CC1NC(=O)c2cc([N+](=O)[O-])ccc21. The molecule has 0 fully saturated rings. The Hall–Kier alpha value is -1.91. The molecule has 0 radical (unpaired) electrons. The molecule has 1 aliphatic heterocycles. The molecule has 1 heterocycles. The highest BCUT2D eigenvalue weighted by molar-refractivity contribution is 5.99. The van der Waals surface area contributed by atoms with Gasteiger partial charge in [0.2, 0.25) is 0 Å². The van der Waals surface area contributed by atoms with Crippen LogP contribution in [0.15, 0.2) is 18.2 Å². The first kappa shape index (κ1) is 8.68. The summed E-state index contributed by atoms with van der Waals surface area (Å²) in [6.45, 7) is 1.84. The number of carbonyl (C=O) groups excluding carboxylic acids is 1. The van der Waals surface area contributed by atoms with Crippen LogP contribution in [0.5, 0.6) is 0 Å². The molecule has 0 saturated carbocycles. The zero-order chi connectivity index (χ0) is 10.3. The third kappa shape index (κ3) is 1.14. The van der Waals surface area contributed by atoms with E-state index in [2.05, 4.69) is 5.32 Å². The molecular formula is C9H8N2O3. The number of nitrogens with zero attached hydrogens (tertiary/aromatic N) is 1. The highest BCUT2D eigenvalue weighted by atomic mass is 16.6. The Balaban J connectivity index is 2.55. The molecule has 1 unspecified atom stereocenters. The van der Waals surface area contributed by atoms with Crippen molar-refractivity contribution >= 4 is 11.6 Å². The van der Waals surface area contributed by atoms with Crippen molar-refractivity contribution in [2.75, 3.05) is 0 Å². The Morgan fingerprint density at radius 1 is 1.50 bits per heavy atom. The number of hydrogen-bond acceptors (Lipinski definition) is 3. The van der Waals surface area contributed by atoms with Crippen molar-refractivity contribution in [2.45, 2.75) is 13.0 Å². The number of hydrogen-bond donors (Lipinski definition) is 1. The second-order valence-corrected chi connectivity index (χ2v) is 3.22. The van der Waals surface area contributed by atoms with E-state index in [1.807, 2.05) is 6.92 Å². The van der Waals surface area contributed by atoms with Gasteiger partial charge in [0.05, 0.1) is 16.5 Å². The molecule has 1 aromatic carbocycles. The molecule has 5 nitrogen and oxygen atoms in total. The summed E-state index contributed by atoms with van der Waals surface area (Å²) < 4.78 is 0.